The zero-order valence-corrected chi connectivity index (χ0v) is 21.0. The molecule has 2 fully saturated rings. The zero-order valence-electron chi connectivity index (χ0n) is 21.0. The molecule has 0 radical (unpaired) electrons. The van der Waals surface area contributed by atoms with Crippen molar-refractivity contribution in [2.75, 3.05) is 42.3 Å². The van der Waals surface area contributed by atoms with Crippen LogP contribution in [0, 0.1) is 5.92 Å². The Hall–Kier alpha value is -3.40. The molecule has 1 aromatic heterocycles. The highest BCUT2D eigenvalue weighted by atomic mass is 16.5. The van der Waals surface area contributed by atoms with Gasteiger partial charge in [0.2, 0.25) is 11.9 Å². The Morgan fingerprint density at radius 2 is 1.94 bits per heavy atom. The third kappa shape index (κ3) is 5.23. The van der Waals surface area contributed by atoms with E-state index in [1.807, 2.05) is 13.0 Å². The normalized spacial score (nSPS) is 20.9. The zero-order chi connectivity index (χ0) is 25.1. The van der Waals surface area contributed by atoms with Gasteiger partial charge in [-0.15, -0.1) is 0 Å². The maximum Gasteiger partial charge on any atom is 0.251 e. The molecule has 5 rings (SSSR count). The minimum atomic E-state index is -0.139. The van der Waals surface area contributed by atoms with E-state index in [0.717, 1.165) is 44.6 Å². The van der Waals surface area contributed by atoms with E-state index >= 15 is 0 Å². The van der Waals surface area contributed by atoms with Crippen LogP contribution < -0.4 is 30.9 Å². The van der Waals surface area contributed by atoms with Gasteiger partial charge in [-0.1, -0.05) is 19.8 Å². The Morgan fingerprint density at radius 3 is 2.69 bits per heavy atom. The van der Waals surface area contributed by atoms with Crippen LogP contribution in [0.2, 0.25) is 0 Å². The molecule has 2 aromatic rings. The fourth-order valence-electron chi connectivity index (χ4n) is 5.29. The number of methoxy groups -OCH3 is 1. The first-order chi connectivity index (χ1) is 17.5. The molecule has 0 spiro atoms. The third-order valence-electron chi connectivity index (χ3n) is 7.37. The summed E-state index contributed by atoms with van der Waals surface area (Å²) < 4.78 is 5.59. The number of benzene rings is 1. The summed E-state index contributed by atoms with van der Waals surface area (Å²) in [6.45, 7) is 4.41. The van der Waals surface area contributed by atoms with Crippen molar-refractivity contribution in [1.82, 2.24) is 20.6 Å². The molecule has 3 heterocycles. The van der Waals surface area contributed by atoms with E-state index in [4.69, 9.17) is 9.72 Å². The maximum atomic E-state index is 12.8. The molecule has 2 amide bonds. The molecule has 10 nitrogen and oxygen atoms in total. The summed E-state index contributed by atoms with van der Waals surface area (Å²) in [4.78, 5) is 36.9. The van der Waals surface area contributed by atoms with Gasteiger partial charge in [-0.25, -0.2) is 4.98 Å². The van der Waals surface area contributed by atoms with Crippen molar-refractivity contribution in [3.05, 3.63) is 30.0 Å². The Kier molecular flexibility index (Phi) is 7.22. The molecule has 36 heavy (non-hydrogen) atoms. The number of anilines is 4. The number of rotatable bonds is 6. The summed E-state index contributed by atoms with van der Waals surface area (Å²) >= 11 is 0. The lowest BCUT2D eigenvalue weighted by molar-refractivity contribution is -0.119. The number of hydrogen-bond donors (Lipinski definition) is 4. The van der Waals surface area contributed by atoms with Crippen molar-refractivity contribution < 1.29 is 14.3 Å². The number of carbonyl (C=O) groups is 2. The standard InChI is InChI=1S/C26H35N7O3/c1-16-15-33(19-5-3-4-6-19)23-21(30-24(16)34)14-28-26(32-23)31-20-8-7-17(13-22(20)36-2)25(35)29-18-9-11-27-12-10-18/h7-8,13-14,16,18-19,27H,3-6,9-12,15H2,1-2H3,(H,29,35)(H,30,34)(H,28,31,32). The molecule has 3 aliphatic rings. The summed E-state index contributed by atoms with van der Waals surface area (Å²) in [5.41, 5.74) is 1.84. The molecule has 1 unspecified atom stereocenters. The fourth-order valence-corrected chi connectivity index (χ4v) is 5.29. The van der Waals surface area contributed by atoms with Crippen LogP contribution >= 0.6 is 0 Å². The van der Waals surface area contributed by atoms with Gasteiger partial charge in [0.05, 0.1) is 24.9 Å². The molecule has 4 N–H and O–H groups in total. The van der Waals surface area contributed by atoms with Crippen LogP contribution in [0.15, 0.2) is 24.4 Å². The van der Waals surface area contributed by atoms with Crippen molar-refractivity contribution in [2.45, 2.75) is 57.5 Å². The largest absolute Gasteiger partial charge is 0.495 e. The van der Waals surface area contributed by atoms with Crippen molar-refractivity contribution in [3.8, 4) is 5.75 Å². The van der Waals surface area contributed by atoms with Gasteiger partial charge in [0.15, 0.2) is 5.82 Å². The number of carbonyl (C=O) groups excluding carboxylic acids is 2. The van der Waals surface area contributed by atoms with Crippen molar-refractivity contribution in [3.63, 3.8) is 0 Å². The van der Waals surface area contributed by atoms with Gasteiger partial charge in [-0.3, -0.25) is 9.59 Å². The number of fused-ring (bicyclic) bond motifs is 1. The van der Waals surface area contributed by atoms with Crippen LogP contribution in [0.5, 0.6) is 5.75 Å². The number of amides is 2. The highest BCUT2D eigenvalue weighted by Crippen LogP contribution is 2.36. The van der Waals surface area contributed by atoms with Crippen molar-refractivity contribution in [1.29, 1.82) is 0 Å². The number of piperidine rings is 1. The van der Waals surface area contributed by atoms with Crippen molar-refractivity contribution >= 4 is 35.0 Å². The van der Waals surface area contributed by atoms with Crippen LogP contribution in [-0.2, 0) is 4.79 Å². The Labute approximate surface area is 211 Å². The lowest BCUT2D eigenvalue weighted by Crippen LogP contribution is -2.42. The van der Waals surface area contributed by atoms with Crippen molar-refractivity contribution in [2.24, 2.45) is 5.92 Å². The Balaban J connectivity index is 1.37. The van der Waals surface area contributed by atoms with Gasteiger partial charge >= 0.3 is 0 Å². The van der Waals surface area contributed by atoms with Crippen LogP contribution in [0.4, 0.5) is 23.1 Å². The Morgan fingerprint density at radius 1 is 1.17 bits per heavy atom. The van der Waals surface area contributed by atoms with E-state index in [1.54, 1.807) is 25.4 Å². The highest BCUT2D eigenvalue weighted by Gasteiger charge is 2.32. The first-order valence-corrected chi connectivity index (χ1v) is 12.9. The number of ether oxygens (including phenoxy) is 1. The van der Waals surface area contributed by atoms with Crippen LogP contribution in [0.1, 0.15) is 55.8 Å². The Bertz CT molecular complexity index is 1110. The molecule has 1 saturated carbocycles. The van der Waals surface area contributed by atoms with E-state index in [-0.39, 0.29) is 23.8 Å². The molecule has 0 bridgehead atoms. The molecule has 1 atom stereocenters. The van der Waals surface area contributed by atoms with Gasteiger partial charge < -0.3 is 30.9 Å². The average Bonchev–Trinajstić information content (AvgIpc) is 3.39. The second-order valence-corrected chi connectivity index (χ2v) is 9.95. The molecular formula is C26H35N7O3. The third-order valence-corrected chi connectivity index (χ3v) is 7.37. The molecule has 1 aliphatic carbocycles. The van der Waals surface area contributed by atoms with Crippen LogP contribution in [0.3, 0.4) is 0 Å². The SMILES string of the molecule is COc1cc(C(=O)NC2CCNCC2)ccc1Nc1ncc2c(n1)N(C1CCCC1)CC(C)C(=O)N2. The minimum Gasteiger partial charge on any atom is -0.495 e. The van der Waals surface area contributed by atoms with Gasteiger partial charge in [0.1, 0.15) is 11.4 Å². The monoisotopic (exact) mass is 493 g/mol. The summed E-state index contributed by atoms with van der Waals surface area (Å²) in [6.07, 6.45) is 8.10. The number of nitrogens with one attached hydrogen (secondary N) is 4. The topological polar surface area (TPSA) is 121 Å². The van der Waals surface area contributed by atoms with E-state index in [2.05, 4.69) is 31.2 Å². The molecule has 1 saturated heterocycles. The summed E-state index contributed by atoms with van der Waals surface area (Å²) in [6, 6.07) is 5.87. The first kappa shape index (κ1) is 24.3. The molecular weight excluding hydrogens is 458 g/mol. The molecule has 10 heteroatoms. The van der Waals surface area contributed by atoms with Gasteiger partial charge in [-0.05, 0) is 57.0 Å². The van der Waals surface area contributed by atoms with E-state index in [0.29, 0.717) is 41.2 Å². The van der Waals surface area contributed by atoms with Gasteiger partial charge in [0.25, 0.3) is 5.91 Å². The fraction of sp³-hybridized carbons (Fsp3) is 0.538. The average molecular weight is 494 g/mol. The quantitative estimate of drug-likeness (QED) is 0.485. The van der Waals surface area contributed by atoms with E-state index in [9.17, 15) is 9.59 Å². The lowest BCUT2D eigenvalue weighted by Gasteiger charge is -2.30. The smallest absolute Gasteiger partial charge is 0.251 e. The molecule has 2 aliphatic heterocycles. The van der Waals surface area contributed by atoms with E-state index < -0.39 is 0 Å². The summed E-state index contributed by atoms with van der Waals surface area (Å²) in [5, 5.41) is 12.7. The second kappa shape index (κ2) is 10.7. The first-order valence-electron chi connectivity index (χ1n) is 12.9. The van der Waals surface area contributed by atoms with Crippen LogP contribution in [-0.4, -0.2) is 60.6 Å². The van der Waals surface area contributed by atoms with Crippen LogP contribution in [0.25, 0.3) is 0 Å². The predicted molar refractivity (Wildman–Crippen MR) is 139 cm³/mol. The lowest BCUT2D eigenvalue weighted by atomic mass is 10.1. The molecule has 192 valence electrons. The summed E-state index contributed by atoms with van der Waals surface area (Å²) in [7, 11) is 1.58. The minimum absolute atomic E-state index is 0.0129. The second-order valence-electron chi connectivity index (χ2n) is 9.95. The van der Waals surface area contributed by atoms with Gasteiger partial charge in [0, 0.05) is 24.2 Å². The number of nitrogens with zero attached hydrogens (tertiary/aromatic N) is 3. The maximum absolute atomic E-state index is 12.8. The van der Waals surface area contributed by atoms with Gasteiger partial charge in [-0.2, -0.15) is 4.98 Å². The number of aromatic nitrogens is 2. The van der Waals surface area contributed by atoms with E-state index in [1.165, 1.54) is 12.8 Å². The predicted octanol–water partition coefficient (Wildman–Crippen LogP) is 3.05. The summed E-state index contributed by atoms with van der Waals surface area (Å²) in [5.74, 6) is 1.42. The highest BCUT2D eigenvalue weighted by molar-refractivity contribution is 5.97. The molecule has 1 aromatic carbocycles. The number of hydrogen-bond acceptors (Lipinski definition) is 8.